The molecule has 0 heterocycles. The predicted molar refractivity (Wildman–Crippen MR) is 65.3 cm³/mol. The number of nitriles is 1. The van der Waals surface area contributed by atoms with Crippen molar-refractivity contribution in [2.75, 3.05) is 6.61 Å². The van der Waals surface area contributed by atoms with E-state index in [4.69, 9.17) is 10.00 Å². The van der Waals surface area contributed by atoms with Crippen LogP contribution in [0.2, 0.25) is 0 Å². The van der Waals surface area contributed by atoms with Gasteiger partial charge >= 0.3 is 0 Å². The molecule has 0 aliphatic rings. The lowest BCUT2D eigenvalue weighted by Gasteiger charge is -2.12. The topological polar surface area (TPSA) is 33.0 Å². The van der Waals surface area contributed by atoms with Crippen molar-refractivity contribution in [3.05, 3.63) is 29.8 Å². The minimum absolute atomic E-state index is 0.465. The van der Waals surface area contributed by atoms with Crippen LogP contribution in [0.3, 0.4) is 0 Å². The molecule has 2 nitrogen and oxygen atoms in total. The third kappa shape index (κ3) is 4.35. The zero-order chi connectivity index (χ0) is 11.8. The highest BCUT2D eigenvalue weighted by molar-refractivity contribution is 5.28. The molecule has 0 spiro atoms. The Bertz CT molecular complexity index is 337. The molecular weight excluding hydrogens is 198 g/mol. The zero-order valence-electron chi connectivity index (χ0n) is 10.1. The minimum Gasteiger partial charge on any atom is -0.493 e. The van der Waals surface area contributed by atoms with Gasteiger partial charge in [-0.25, -0.2) is 0 Å². The van der Waals surface area contributed by atoms with E-state index < -0.39 is 0 Å². The Morgan fingerprint density at radius 2 is 2.00 bits per heavy atom. The number of hydrogen-bond acceptors (Lipinski definition) is 2. The summed E-state index contributed by atoms with van der Waals surface area (Å²) in [6.07, 6.45) is 2.87. The van der Waals surface area contributed by atoms with Crippen molar-refractivity contribution in [1.82, 2.24) is 0 Å². The maximum Gasteiger partial charge on any atom is 0.119 e. The quantitative estimate of drug-likeness (QED) is 0.729. The average molecular weight is 217 g/mol. The fourth-order valence-corrected chi connectivity index (χ4v) is 1.61. The predicted octanol–water partition coefficient (Wildman–Crippen LogP) is 3.57. The van der Waals surface area contributed by atoms with Crippen LogP contribution in [-0.2, 0) is 6.42 Å². The summed E-state index contributed by atoms with van der Waals surface area (Å²) in [5.74, 6) is 1.49. The van der Waals surface area contributed by atoms with Gasteiger partial charge in [-0.2, -0.15) is 5.26 Å². The van der Waals surface area contributed by atoms with Crippen molar-refractivity contribution in [2.45, 2.75) is 33.1 Å². The molecule has 0 N–H and O–H groups in total. The van der Waals surface area contributed by atoms with Crippen LogP contribution >= 0.6 is 0 Å². The minimum atomic E-state index is 0.465. The Kier molecular flexibility index (Phi) is 5.42. The maximum absolute atomic E-state index is 8.54. The van der Waals surface area contributed by atoms with E-state index >= 15 is 0 Å². The van der Waals surface area contributed by atoms with Gasteiger partial charge in [-0.3, -0.25) is 0 Å². The Morgan fingerprint density at radius 1 is 1.31 bits per heavy atom. The van der Waals surface area contributed by atoms with E-state index in [9.17, 15) is 0 Å². The third-order valence-corrected chi connectivity index (χ3v) is 2.52. The monoisotopic (exact) mass is 217 g/mol. The highest BCUT2D eigenvalue weighted by Crippen LogP contribution is 2.14. The van der Waals surface area contributed by atoms with Gasteiger partial charge in [0.25, 0.3) is 0 Å². The highest BCUT2D eigenvalue weighted by atomic mass is 16.5. The smallest absolute Gasteiger partial charge is 0.119 e. The van der Waals surface area contributed by atoms with E-state index in [1.807, 2.05) is 24.3 Å². The lowest BCUT2D eigenvalue weighted by atomic mass is 10.1. The van der Waals surface area contributed by atoms with Crippen molar-refractivity contribution in [1.29, 1.82) is 5.26 Å². The van der Waals surface area contributed by atoms with E-state index in [1.54, 1.807) is 0 Å². The van der Waals surface area contributed by atoms with Crippen molar-refractivity contribution in [3.8, 4) is 11.8 Å². The molecule has 1 aromatic carbocycles. The van der Waals surface area contributed by atoms with Gasteiger partial charge in [0.15, 0.2) is 0 Å². The van der Waals surface area contributed by atoms with Gasteiger partial charge in [-0.15, -0.1) is 0 Å². The molecule has 0 radical (unpaired) electrons. The molecule has 0 saturated carbocycles. The standard InChI is InChI=1S/C14H19NO/c1-3-4-12(2)11-16-14-7-5-13(6-8-14)9-10-15/h5-8,12H,3-4,9,11H2,1-2H3. The van der Waals surface area contributed by atoms with E-state index in [0.29, 0.717) is 12.3 Å². The molecule has 0 aliphatic carbocycles. The van der Waals surface area contributed by atoms with Crippen molar-refractivity contribution in [3.63, 3.8) is 0 Å². The lowest BCUT2D eigenvalue weighted by molar-refractivity contribution is 0.251. The maximum atomic E-state index is 8.54. The molecule has 0 amide bonds. The Hall–Kier alpha value is -1.49. The number of rotatable bonds is 6. The Balaban J connectivity index is 2.40. The van der Waals surface area contributed by atoms with Gasteiger partial charge in [-0.05, 0) is 30.0 Å². The van der Waals surface area contributed by atoms with Gasteiger partial charge < -0.3 is 4.74 Å². The number of benzene rings is 1. The molecule has 2 heteroatoms. The van der Waals surface area contributed by atoms with Crippen molar-refractivity contribution < 1.29 is 4.74 Å². The SMILES string of the molecule is CCCC(C)COc1ccc(CC#N)cc1. The molecule has 0 fully saturated rings. The first-order valence-corrected chi connectivity index (χ1v) is 5.85. The van der Waals surface area contributed by atoms with Crippen LogP contribution in [-0.4, -0.2) is 6.61 Å². The van der Waals surface area contributed by atoms with Crippen LogP contribution in [0.1, 0.15) is 32.3 Å². The second-order valence-corrected chi connectivity index (χ2v) is 4.18. The number of hydrogen-bond donors (Lipinski definition) is 0. The van der Waals surface area contributed by atoms with Gasteiger partial charge in [0.05, 0.1) is 19.1 Å². The largest absolute Gasteiger partial charge is 0.493 e. The first kappa shape index (κ1) is 12.6. The Morgan fingerprint density at radius 3 is 2.56 bits per heavy atom. The summed E-state index contributed by atoms with van der Waals surface area (Å²) in [5, 5.41) is 8.54. The first-order valence-electron chi connectivity index (χ1n) is 5.85. The molecule has 0 aliphatic heterocycles. The van der Waals surface area contributed by atoms with Crippen LogP contribution in [0.15, 0.2) is 24.3 Å². The van der Waals surface area contributed by atoms with E-state index in [1.165, 1.54) is 12.8 Å². The van der Waals surface area contributed by atoms with Crippen LogP contribution in [0.5, 0.6) is 5.75 Å². The number of ether oxygens (including phenoxy) is 1. The summed E-state index contributed by atoms with van der Waals surface area (Å²) in [6.45, 7) is 5.16. The second-order valence-electron chi connectivity index (χ2n) is 4.18. The van der Waals surface area contributed by atoms with Crippen LogP contribution in [0, 0.1) is 17.2 Å². The highest BCUT2D eigenvalue weighted by Gasteiger charge is 2.01. The average Bonchev–Trinajstić information content (AvgIpc) is 2.29. The molecule has 0 saturated heterocycles. The van der Waals surface area contributed by atoms with E-state index in [-0.39, 0.29) is 0 Å². The van der Waals surface area contributed by atoms with Gasteiger partial charge in [0, 0.05) is 0 Å². The molecular formula is C14H19NO. The summed E-state index contributed by atoms with van der Waals surface area (Å²) in [7, 11) is 0. The van der Waals surface area contributed by atoms with Crippen LogP contribution in [0.25, 0.3) is 0 Å². The first-order chi connectivity index (χ1) is 7.76. The molecule has 1 rings (SSSR count). The molecule has 0 aromatic heterocycles. The van der Waals surface area contributed by atoms with Crippen LogP contribution < -0.4 is 4.74 Å². The molecule has 0 bridgehead atoms. The van der Waals surface area contributed by atoms with E-state index in [2.05, 4.69) is 19.9 Å². The molecule has 1 unspecified atom stereocenters. The van der Waals surface area contributed by atoms with Gasteiger partial charge in [-0.1, -0.05) is 32.4 Å². The zero-order valence-corrected chi connectivity index (χ0v) is 10.1. The summed E-state index contributed by atoms with van der Waals surface area (Å²) >= 11 is 0. The Labute approximate surface area is 97.9 Å². The summed E-state index contributed by atoms with van der Waals surface area (Å²) in [5.41, 5.74) is 1.04. The normalized spacial score (nSPS) is 11.8. The van der Waals surface area contributed by atoms with Crippen molar-refractivity contribution in [2.24, 2.45) is 5.92 Å². The second kappa shape index (κ2) is 6.90. The third-order valence-electron chi connectivity index (χ3n) is 2.52. The fraction of sp³-hybridized carbons (Fsp3) is 0.500. The molecule has 1 atom stereocenters. The summed E-state index contributed by atoms with van der Waals surface area (Å²) < 4.78 is 5.67. The summed E-state index contributed by atoms with van der Waals surface area (Å²) in [6, 6.07) is 9.90. The molecule has 1 aromatic rings. The van der Waals surface area contributed by atoms with E-state index in [0.717, 1.165) is 17.9 Å². The fourth-order valence-electron chi connectivity index (χ4n) is 1.61. The van der Waals surface area contributed by atoms with Crippen molar-refractivity contribution >= 4 is 0 Å². The number of nitrogens with zero attached hydrogens (tertiary/aromatic N) is 1. The van der Waals surface area contributed by atoms with Gasteiger partial charge in [0.1, 0.15) is 5.75 Å². The molecule has 16 heavy (non-hydrogen) atoms. The van der Waals surface area contributed by atoms with Gasteiger partial charge in [0.2, 0.25) is 0 Å². The molecule has 86 valence electrons. The summed E-state index contributed by atoms with van der Waals surface area (Å²) in [4.78, 5) is 0. The van der Waals surface area contributed by atoms with Crippen LogP contribution in [0.4, 0.5) is 0 Å². The lowest BCUT2D eigenvalue weighted by Crippen LogP contribution is -2.08.